The van der Waals surface area contributed by atoms with Gasteiger partial charge in [0.15, 0.2) is 5.69 Å². The van der Waals surface area contributed by atoms with E-state index in [0.717, 1.165) is 4.90 Å². The van der Waals surface area contributed by atoms with E-state index in [9.17, 15) is 38.5 Å². The summed E-state index contributed by atoms with van der Waals surface area (Å²) in [7, 11) is 0. The first-order chi connectivity index (χ1) is 10.5. The normalized spacial score (nSPS) is 12.8. The fourth-order valence-electron chi connectivity index (χ4n) is 2.07. The van der Waals surface area contributed by atoms with Crippen molar-refractivity contribution in [3.8, 4) is 0 Å². The van der Waals surface area contributed by atoms with Crippen LogP contribution in [-0.4, -0.2) is 34.1 Å². The molecule has 23 heavy (non-hydrogen) atoms. The van der Waals surface area contributed by atoms with E-state index >= 15 is 0 Å². The Kier molecular flexibility index (Phi) is 5.48. The Balaban J connectivity index is 3.71. The molecule has 0 saturated carbocycles. The maximum absolute atomic E-state index is 12.8. The highest BCUT2D eigenvalue weighted by Gasteiger charge is 2.39. The molecule has 0 bridgehead atoms. The summed E-state index contributed by atoms with van der Waals surface area (Å²) in [5, 5.41) is 31.6. The van der Waals surface area contributed by atoms with Crippen molar-refractivity contribution in [2.24, 2.45) is 0 Å². The number of nitrogens with zero attached hydrogens (tertiary/aromatic N) is 3. The number of rotatable bonds is 6. The summed E-state index contributed by atoms with van der Waals surface area (Å²) in [6.45, 7) is 2.68. The van der Waals surface area contributed by atoms with E-state index in [2.05, 4.69) is 0 Å². The van der Waals surface area contributed by atoms with E-state index < -0.39 is 44.8 Å². The molecule has 0 aliphatic heterocycles. The molecule has 1 aromatic carbocycles. The van der Waals surface area contributed by atoms with Crippen LogP contribution in [0.25, 0.3) is 0 Å². The van der Waals surface area contributed by atoms with Crippen molar-refractivity contribution in [1.82, 2.24) is 0 Å². The van der Waals surface area contributed by atoms with Crippen LogP contribution in [0.2, 0.25) is 0 Å². The minimum absolute atomic E-state index is 0.0257. The molecule has 11 heteroatoms. The molecule has 1 rings (SSSR count). The number of halogens is 3. The van der Waals surface area contributed by atoms with E-state index in [1.54, 1.807) is 0 Å². The van der Waals surface area contributed by atoms with E-state index in [-0.39, 0.29) is 25.2 Å². The molecule has 1 aromatic rings. The number of hydrogen-bond acceptors (Lipinski definition) is 6. The van der Waals surface area contributed by atoms with Crippen LogP contribution in [0.3, 0.4) is 0 Å². The maximum Gasteiger partial charge on any atom is 0.416 e. The third-order valence-electron chi connectivity index (χ3n) is 2.97. The minimum atomic E-state index is -4.96. The summed E-state index contributed by atoms with van der Waals surface area (Å²) in [6.07, 6.45) is -5.95. The van der Waals surface area contributed by atoms with Crippen LogP contribution in [0.15, 0.2) is 12.1 Å². The summed E-state index contributed by atoms with van der Waals surface area (Å²) in [6, 6.07) is 0.514. The Hall–Kier alpha value is -2.43. The van der Waals surface area contributed by atoms with Crippen LogP contribution >= 0.6 is 0 Å². The first-order valence-electron chi connectivity index (χ1n) is 6.46. The molecule has 0 radical (unpaired) electrons. The largest absolute Gasteiger partial charge is 0.416 e. The molecule has 0 aliphatic carbocycles. The molecule has 0 aromatic heterocycles. The third kappa shape index (κ3) is 4.28. The van der Waals surface area contributed by atoms with Crippen LogP contribution in [0.1, 0.15) is 19.4 Å². The quantitative estimate of drug-likeness (QED) is 0.631. The summed E-state index contributed by atoms with van der Waals surface area (Å²) in [5.41, 5.74) is -4.10. The molecular weight excluding hydrogens is 323 g/mol. The first kappa shape index (κ1) is 18.6. The zero-order chi connectivity index (χ0) is 17.9. The van der Waals surface area contributed by atoms with E-state index in [4.69, 9.17) is 0 Å². The summed E-state index contributed by atoms with van der Waals surface area (Å²) in [4.78, 5) is 21.1. The van der Waals surface area contributed by atoms with Crippen molar-refractivity contribution in [3.05, 3.63) is 37.9 Å². The zero-order valence-corrected chi connectivity index (χ0v) is 12.2. The average molecular weight is 337 g/mol. The molecule has 0 heterocycles. The number of nitro benzene ring substituents is 2. The number of aliphatic hydroxyl groups is 1. The second-order valence-electron chi connectivity index (χ2n) is 4.76. The lowest BCUT2D eigenvalue weighted by Crippen LogP contribution is -2.32. The van der Waals surface area contributed by atoms with E-state index in [0.29, 0.717) is 0 Å². The molecule has 0 fully saturated rings. The highest BCUT2D eigenvalue weighted by Crippen LogP contribution is 2.43. The van der Waals surface area contributed by atoms with Gasteiger partial charge in [0.1, 0.15) is 0 Å². The van der Waals surface area contributed by atoms with Gasteiger partial charge in [-0.15, -0.1) is 0 Å². The van der Waals surface area contributed by atoms with Gasteiger partial charge in [0, 0.05) is 25.2 Å². The summed E-state index contributed by atoms with van der Waals surface area (Å²) < 4.78 is 38.4. The Morgan fingerprint density at radius 2 is 1.65 bits per heavy atom. The molecule has 128 valence electrons. The number of hydrogen-bond donors (Lipinski definition) is 1. The maximum atomic E-state index is 12.8. The summed E-state index contributed by atoms with van der Waals surface area (Å²) >= 11 is 0. The average Bonchev–Trinajstić information content (AvgIpc) is 2.41. The fraction of sp³-hybridized carbons (Fsp3) is 0.500. The van der Waals surface area contributed by atoms with E-state index in [1.807, 2.05) is 0 Å². The van der Waals surface area contributed by atoms with Gasteiger partial charge in [-0.25, -0.2) is 0 Å². The lowest BCUT2D eigenvalue weighted by atomic mass is 10.1. The van der Waals surface area contributed by atoms with Crippen molar-refractivity contribution >= 4 is 17.1 Å². The summed E-state index contributed by atoms with van der Waals surface area (Å²) in [5.74, 6) is 0. The van der Waals surface area contributed by atoms with Gasteiger partial charge in [-0.1, -0.05) is 0 Å². The van der Waals surface area contributed by atoms with Gasteiger partial charge in [0.25, 0.3) is 11.4 Å². The molecule has 0 amide bonds. The molecule has 0 saturated heterocycles. The van der Waals surface area contributed by atoms with E-state index in [1.165, 1.54) is 13.8 Å². The van der Waals surface area contributed by atoms with Gasteiger partial charge in [-0.3, -0.25) is 20.2 Å². The fourth-order valence-corrected chi connectivity index (χ4v) is 2.07. The highest BCUT2D eigenvalue weighted by atomic mass is 19.4. The Morgan fingerprint density at radius 1 is 1.22 bits per heavy atom. The predicted octanol–water partition coefficient (Wildman–Crippen LogP) is 2.73. The monoisotopic (exact) mass is 337 g/mol. The van der Waals surface area contributed by atoms with Crippen LogP contribution in [-0.2, 0) is 6.18 Å². The molecule has 1 unspecified atom stereocenters. The number of alkyl halides is 3. The lowest BCUT2D eigenvalue weighted by molar-refractivity contribution is -0.393. The van der Waals surface area contributed by atoms with Gasteiger partial charge >= 0.3 is 6.18 Å². The van der Waals surface area contributed by atoms with Crippen LogP contribution in [0.5, 0.6) is 0 Å². The third-order valence-corrected chi connectivity index (χ3v) is 2.97. The molecular formula is C12H14F3N3O5. The Morgan fingerprint density at radius 3 is 1.91 bits per heavy atom. The molecule has 1 atom stereocenters. The molecule has 1 N–H and O–H groups in total. The predicted molar refractivity (Wildman–Crippen MR) is 74.3 cm³/mol. The van der Waals surface area contributed by atoms with Crippen LogP contribution in [0, 0.1) is 20.2 Å². The number of aliphatic hydroxyl groups excluding tert-OH is 1. The Bertz CT molecular complexity index is 583. The second-order valence-corrected chi connectivity index (χ2v) is 4.76. The first-order valence-corrected chi connectivity index (χ1v) is 6.46. The van der Waals surface area contributed by atoms with Crippen LogP contribution < -0.4 is 4.90 Å². The van der Waals surface area contributed by atoms with Crippen molar-refractivity contribution in [2.75, 3.05) is 18.0 Å². The standard InChI is InChI=1S/C12H14F3N3O5/c1-3-16(6-7(2)19)11-9(17(20)21)4-8(12(13,14)15)5-10(11)18(22)23/h4-5,7,19H,3,6H2,1-2H3. The second kappa shape index (κ2) is 6.77. The van der Waals surface area contributed by atoms with Crippen molar-refractivity contribution < 1.29 is 28.1 Å². The van der Waals surface area contributed by atoms with Gasteiger partial charge in [0.05, 0.1) is 21.5 Å². The number of nitro groups is 2. The zero-order valence-electron chi connectivity index (χ0n) is 12.2. The highest BCUT2D eigenvalue weighted by molar-refractivity contribution is 5.76. The van der Waals surface area contributed by atoms with Crippen LogP contribution in [0.4, 0.5) is 30.2 Å². The van der Waals surface area contributed by atoms with Crippen molar-refractivity contribution in [3.63, 3.8) is 0 Å². The van der Waals surface area contributed by atoms with Gasteiger partial charge in [-0.2, -0.15) is 13.2 Å². The SMILES string of the molecule is CCN(CC(C)O)c1c([N+](=O)[O-])cc(C(F)(F)F)cc1[N+](=O)[O-]. The van der Waals surface area contributed by atoms with Gasteiger partial charge in [-0.05, 0) is 13.8 Å². The number of anilines is 1. The topological polar surface area (TPSA) is 110 Å². The van der Waals surface area contributed by atoms with Crippen molar-refractivity contribution in [1.29, 1.82) is 0 Å². The van der Waals surface area contributed by atoms with Gasteiger partial charge in [0.2, 0.25) is 0 Å². The Labute approximate surface area is 128 Å². The lowest BCUT2D eigenvalue weighted by Gasteiger charge is -2.24. The minimum Gasteiger partial charge on any atom is -0.392 e. The molecule has 8 nitrogen and oxygen atoms in total. The molecule has 0 aliphatic rings. The van der Waals surface area contributed by atoms with Gasteiger partial charge < -0.3 is 10.0 Å². The molecule has 0 spiro atoms. The van der Waals surface area contributed by atoms with Crippen molar-refractivity contribution in [2.45, 2.75) is 26.1 Å². The number of benzene rings is 1. The number of likely N-dealkylation sites (N-methyl/N-ethyl adjacent to an activating group) is 1. The smallest absolute Gasteiger partial charge is 0.392 e.